The molecule has 0 aromatic rings. The predicted molar refractivity (Wildman–Crippen MR) is 39.8 cm³/mol. The minimum absolute atomic E-state index is 0.0660. The smallest absolute Gasteiger partial charge is 0.380 e. The first-order chi connectivity index (χ1) is 5.45. The number of hydrogen-bond acceptors (Lipinski definition) is 2. The van der Waals surface area contributed by atoms with E-state index in [-0.39, 0.29) is 13.0 Å². The van der Waals surface area contributed by atoms with E-state index in [1.165, 1.54) is 0 Å². The van der Waals surface area contributed by atoms with Crippen molar-refractivity contribution in [1.29, 1.82) is 0 Å². The molecule has 0 fully saturated rings. The van der Waals surface area contributed by atoms with Crippen LogP contribution in [-0.4, -0.2) is 25.4 Å². The second-order valence-electron chi connectivity index (χ2n) is 2.57. The highest BCUT2D eigenvalue weighted by molar-refractivity contribution is 4.62. The van der Waals surface area contributed by atoms with Gasteiger partial charge in [-0.1, -0.05) is 0 Å². The minimum atomic E-state index is -4.11. The Kier molecular flexibility index (Phi) is 5.24. The monoisotopic (exact) mass is 185 g/mol. The summed E-state index contributed by atoms with van der Waals surface area (Å²) >= 11 is 0. The van der Waals surface area contributed by atoms with Gasteiger partial charge in [0, 0.05) is 19.1 Å². The van der Waals surface area contributed by atoms with Crippen LogP contribution in [0.3, 0.4) is 0 Å². The van der Waals surface area contributed by atoms with Gasteiger partial charge >= 0.3 is 6.18 Å². The van der Waals surface area contributed by atoms with Crippen molar-refractivity contribution < 1.29 is 17.9 Å². The van der Waals surface area contributed by atoms with Gasteiger partial charge in [-0.15, -0.1) is 0 Å². The zero-order chi connectivity index (χ0) is 9.61. The standard InChI is InChI=1S/C7H14F3NO/c1-2-12-5-6(11)3-4-7(8,9)10/h6H,2-5,11H2,1H3. The predicted octanol–water partition coefficient (Wildman–Crippen LogP) is 1.69. The van der Waals surface area contributed by atoms with Gasteiger partial charge in [-0.2, -0.15) is 13.2 Å². The lowest BCUT2D eigenvalue weighted by molar-refractivity contribution is -0.136. The Balaban J connectivity index is 3.37. The van der Waals surface area contributed by atoms with Crippen molar-refractivity contribution in [3.05, 3.63) is 0 Å². The molecular formula is C7H14F3NO. The van der Waals surface area contributed by atoms with E-state index in [0.717, 1.165) is 0 Å². The Morgan fingerprint density at radius 3 is 2.42 bits per heavy atom. The molecule has 0 aliphatic rings. The number of ether oxygens (including phenoxy) is 1. The van der Waals surface area contributed by atoms with Crippen LogP contribution in [-0.2, 0) is 4.74 Å². The number of hydrogen-bond donors (Lipinski definition) is 1. The Hall–Kier alpha value is -0.290. The first-order valence-electron chi connectivity index (χ1n) is 3.85. The average Bonchev–Trinajstić information content (AvgIpc) is 1.95. The van der Waals surface area contributed by atoms with Crippen molar-refractivity contribution in [3.8, 4) is 0 Å². The van der Waals surface area contributed by atoms with Gasteiger partial charge in [0.2, 0.25) is 0 Å². The Morgan fingerprint density at radius 2 is 2.00 bits per heavy atom. The second-order valence-corrected chi connectivity index (χ2v) is 2.57. The van der Waals surface area contributed by atoms with Gasteiger partial charge < -0.3 is 10.5 Å². The summed E-state index contributed by atoms with van der Waals surface area (Å²) in [6, 6.07) is -0.508. The maximum Gasteiger partial charge on any atom is 0.389 e. The number of rotatable bonds is 5. The van der Waals surface area contributed by atoms with Gasteiger partial charge in [0.15, 0.2) is 0 Å². The van der Waals surface area contributed by atoms with E-state index in [4.69, 9.17) is 10.5 Å². The van der Waals surface area contributed by atoms with Crippen LogP contribution in [0.5, 0.6) is 0 Å². The topological polar surface area (TPSA) is 35.2 Å². The molecular weight excluding hydrogens is 171 g/mol. The van der Waals surface area contributed by atoms with Crippen molar-refractivity contribution in [2.24, 2.45) is 5.73 Å². The second kappa shape index (κ2) is 5.37. The van der Waals surface area contributed by atoms with Crippen LogP contribution in [0.25, 0.3) is 0 Å². The average molecular weight is 185 g/mol. The van der Waals surface area contributed by atoms with Gasteiger partial charge in [-0.25, -0.2) is 0 Å². The Bertz CT molecular complexity index is 116. The molecule has 0 rings (SSSR count). The molecule has 1 unspecified atom stereocenters. The normalized spacial score (nSPS) is 14.8. The van der Waals surface area contributed by atoms with Crippen LogP contribution in [0.2, 0.25) is 0 Å². The number of halogens is 3. The van der Waals surface area contributed by atoms with Gasteiger partial charge in [0.05, 0.1) is 6.61 Å². The molecule has 0 aromatic carbocycles. The molecule has 0 aliphatic carbocycles. The molecule has 0 bridgehead atoms. The summed E-state index contributed by atoms with van der Waals surface area (Å²) in [4.78, 5) is 0. The summed E-state index contributed by atoms with van der Waals surface area (Å²) in [5.74, 6) is 0. The first-order valence-corrected chi connectivity index (χ1v) is 3.85. The van der Waals surface area contributed by atoms with Crippen LogP contribution in [0.1, 0.15) is 19.8 Å². The highest BCUT2D eigenvalue weighted by atomic mass is 19.4. The molecule has 2 nitrogen and oxygen atoms in total. The molecule has 0 radical (unpaired) electrons. The SMILES string of the molecule is CCOCC(N)CCC(F)(F)F. The van der Waals surface area contributed by atoms with E-state index < -0.39 is 18.6 Å². The first kappa shape index (κ1) is 11.7. The lowest BCUT2D eigenvalue weighted by Gasteiger charge is -2.12. The molecule has 0 aliphatic heterocycles. The quantitative estimate of drug-likeness (QED) is 0.707. The number of nitrogens with two attached hydrogens (primary N) is 1. The molecule has 0 saturated heterocycles. The Morgan fingerprint density at radius 1 is 1.42 bits per heavy atom. The fraction of sp³-hybridized carbons (Fsp3) is 1.00. The van der Waals surface area contributed by atoms with Crippen LogP contribution in [0.15, 0.2) is 0 Å². The third-order valence-electron chi connectivity index (χ3n) is 1.33. The summed E-state index contributed by atoms with van der Waals surface area (Å²) in [5.41, 5.74) is 5.34. The highest BCUT2D eigenvalue weighted by Gasteiger charge is 2.27. The van der Waals surface area contributed by atoms with Gasteiger partial charge in [-0.05, 0) is 13.3 Å². The van der Waals surface area contributed by atoms with Crippen molar-refractivity contribution in [2.75, 3.05) is 13.2 Å². The van der Waals surface area contributed by atoms with Gasteiger partial charge in [0.25, 0.3) is 0 Å². The van der Waals surface area contributed by atoms with Crippen molar-refractivity contribution in [1.82, 2.24) is 0 Å². The molecule has 74 valence electrons. The third-order valence-corrected chi connectivity index (χ3v) is 1.33. The zero-order valence-corrected chi connectivity index (χ0v) is 7.03. The number of alkyl halides is 3. The molecule has 0 spiro atoms. The summed E-state index contributed by atoms with van der Waals surface area (Å²) in [6.07, 6.45) is -5.01. The molecule has 0 aromatic heterocycles. The lowest BCUT2D eigenvalue weighted by atomic mass is 10.2. The fourth-order valence-corrected chi connectivity index (χ4v) is 0.702. The molecule has 0 saturated carbocycles. The van der Waals surface area contributed by atoms with Crippen molar-refractivity contribution in [3.63, 3.8) is 0 Å². The van der Waals surface area contributed by atoms with Crippen molar-refractivity contribution >= 4 is 0 Å². The fourth-order valence-electron chi connectivity index (χ4n) is 0.702. The summed E-state index contributed by atoms with van der Waals surface area (Å²) < 4.78 is 39.8. The van der Waals surface area contributed by atoms with E-state index in [0.29, 0.717) is 6.61 Å². The zero-order valence-electron chi connectivity index (χ0n) is 7.03. The molecule has 5 heteroatoms. The maximum absolute atomic E-state index is 11.6. The Labute approximate surface area is 69.9 Å². The van der Waals surface area contributed by atoms with E-state index in [9.17, 15) is 13.2 Å². The third kappa shape index (κ3) is 7.81. The molecule has 1 atom stereocenters. The van der Waals surface area contributed by atoms with Crippen LogP contribution >= 0.6 is 0 Å². The molecule has 0 amide bonds. The van der Waals surface area contributed by atoms with Gasteiger partial charge in [-0.3, -0.25) is 0 Å². The van der Waals surface area contributed by atoms with Crippen LogP contribution in [0.4, 0.5) is 13.2 Å². The summed E-state index contributed by atoms with van der Waals surface area (Å²) in [5, 5.41) is 0. The van der Waals surface area contributed by atoms with Crippen molar-refractivity contribution in [2.45, 2.75) is 32.0 Å². The minimum Gasteiger partial charge on any atom is -0.380 e. The highest BCUT2D eigenvalue weighted by Crippen LogP contribution is 2.21. The van der Waals surface area contributed by atoms with E-state index in [2.05, 4.69) is 0 Å². The molecule has 2 N–H and O–H groups in total. The maximum atomic E-state index is 11.6. The van der Waals surface area contributed by atoms with E-state index in [1.807, 2.05) is 0 Å². The largest absolute Gasteiger partial charge is 0.389 e. The summed E-state index contributed by atoms with van der Waals surface area (Å²) in [7, 11) is 0. The molecule has 0 heterocycles. The lowest BCUT2D eigenvalue weighted by Crippen LogP contribution is -2.28. The van der Waals surface area contributed by atoms with Crippen LogP contribution < -0.4 is 5.73 Å². The van der Waals surface area contributed by atoms with E-state index in [1.54, 1.807) is 6.92 Å². The van der Waals surface area contributed by atoms with Crippen LogP contribution in [0, 0.1) is 0 Å². The summed E-state index contributed by atoms with van der Waals surface area (Å²) in [6.45, 7) is 2.46. The molecule has 12 heavy (non-hydrogen) atoms. The van der Waals surface area contributed by atoms with Gasteiger partial charge in [0.1, 0.15) is 0 Å². The van der Waals surface area contributed by atoms with E-state index >= 15 is 0 Å².